The van der Waals surface area contributed by atoms with Gasteiger partial charge in [-0.25, -0.2) is 0 Å². The molecule has 0 aliphatic rings. The monoisotopic (exact) mass is 237 g/mol. The minimum atomic E-state index is 0.119. The van der Waals surface area contributed by atoms with E-state index in [0.29, 0.717) is 0 Å². The maximum atomic E-state index is 5.35. The smallest absolute Gasteiger partial charge is 0.161 e. The van der Waals surface area contributed by atoms with Crippen LogP contribution in [0.15, 0.2) is 18.2 Å². The summed E-state index contributed by atoms with van der Waals surface area (Å²) < 4.78 is 10.6. The van der Waals surface area contributed by atoms with E-state index in [1.807, 2.05) is 13.1 Å². The molecule has 0 aliphatic heterocycles. The molecule has 1 aromatic rings. The standard InChI is InChI=1S/C14H23NO2/c1-6-14(2,10-15-3)11-7-8-12(16-4)13(9-11)17-5/h7-9,15H,6,10H2,1-5H3. The third kappa shape index (κ3) is 2.91. The number of benzene rings is 1. The van der Waals surface area contributed by atoms with Crippen LogP contribution in [0.5, 0.6) is 11.5 Å². The van der Waals surface area contributed by atoms with E-state index in [2.05, 4.69) is 31.3 Å². The zero-order chi connectivity index (χ0) is 12.9. The average molecular weight is 237 g/mol. The van der Waals surface area contributed by atoms with Crippen LogP contribution < -0.4 is 14.8 Å². The van der Waals surface area contributed by atoms with Crippen molar-refractivity contribution in [2.45, 2.75) is 25.7 Å². The molecule has 0 radical (unpaired) electrons. The average Bonchev–Trinajstić information content (AvgIpc) is 2.38. The highest BCUT2D eigenvalue weighted by molar-refractivity contribution is 5.45. The summed E-state index contributed by atoms with van der Waals surface area (Å²) in [6, 6.07) is 6.15. The lowest BCUT2D eigenvalue weighted by Crippen LogP contribution is -2.33. The topological polar surface area (TPSA) is 30.5 Å². The first-order valence-corrected chi connectivity index (χ1v) is 5.98. The Morgan fingerprint density at radius 3 is 2.29 bits per heavy atom. The van der Waals surface area contributed by atoms with Gasteiger partial charge in [-0.05, 0) is 31.2 Å². The van der Waals surface area contributed by atoms with E-state index >= 15 is 0 Å². The number of likely N-dealkylation sites (N-methyl/N-ethyl adjacent to an activating group) is 1. The van der Waals surface area contributed by atoms with Gasteiger partial charge in [0, 0.05) is 12.0 Å². The molecule has 1 rings (SSSR count). The molecule has 0 bridgehead atoms. The number of methoxy groups -OCH3 is 2. The second-order valence-corrected chi connectivity index (χ2v) is 4.51. The molecule has 0 amide bonds. The molecule has 1 atom stereocenters. The van der Waals surface area contributed by atoms with E-state index in [1.54, 1.807) is 14.2 Å². The second-order valence-electron chi connectivity index (χ2n) is 4.51. The lowest BCUT2D eigenvalue weighted by molar-refractivity contribution is 0.351. The number of hydrogen-bond donors (Lipinski definition) is 1. The molecule has 17 heavy (non-hydrogen) atoms. The van der Waals surface area contributed by atoms with Gasteiger partial charge in [-0.15, -0.1) is 0 Å². The summed E-state index contributed by atoms with van der Waals surface area (Å²) in [6.45, 7) is 5.40. The van der Waals surface area contributed by atoms with Crippen LogP contribution >= 0.6 is 0 Å². The predicted octanol–water partition coefficient (Wildman–Crippen LogP) is 2.59. The van der Waals surface area contributed by atoms with Crippen LogP contribution in [-0.4, -0.2) is 27.8 Å². The first kappa shape index (κ1) is 13.8. The van der Waals surface area contributed by atoms with E-state index in [-0.39, 0.29) is 5.41 Å². The van der Waals surface area contributed by atoms with Gasteiger partial charge in [-0.1, -0.05) is 19.9 Å². The lowest BCUT2D eigenvalue weighted by Gasteiger charge is -2.29. The Bertz CT molecular complexity index is 365. The van der Waals surface area contributed by atoms with E-state index in [9.17, 15) is 0 Å². The Hall–Kier alpha value is -1.22. The van der Waals surface area contributed by atoms with Crippen molar-refractivity contribution in [2.24, 2.45) is 0 Å². The van der Waals surface area contributed by atoms with Gasteiger partial charge < -0.3 is 14.8 Å². The normalized spacial score (nSPS) is 14.2. The highest BCUT2D eigenvalue weighted by atomic mass is 16.5. The third-order valence-electron chi connectivity index (χ3n) is 3.43. The van der Waals surface area contributed by atoms with Crippen molar-refractivity contribution < 1.29 is 9.47 Å². The molecule has 0 saturated carbocycles. The maximum absolute atomic E-state index is 5.35. The fraction of sp³-hybridized carbons (Fsp3) is 0.571. The highest BCUT2D eigenvalue weighted by Gasteiger charge is 2.24. The van der Waals surface area contributed by atoms with E-state index in [1.165, 1.54) is 5.56 Å². The Morgan fingerprint density at radius 2 is 1.82 bits per heavy atom. The largest absolute Gasteiger partial charge is 0.493 e. The van der Waals surface area contributed by atoms with Crippen LogP contribution in [0.4, 0.5) is 0 Å². The molecule has 1 N–H and O–H groups in total. The third-order valence-corrected chi connectivity index (χ3v) is 3.43. The lowest BCUT2D eigenvalue weighted by atomic mass is 9.80. The van der Waals surface area contributed by atoms with Crippen molar-refractivity contribution in [3.05, 3.63) is 23.8 Å². The molecular weight excluding hydrogens is 214 g/mol. The molecule has 0 aliphatic carbocycles. The summed E-state index contributed by atoms with van der Waals surface area (Å²) in [4.78, 5) is 0. The van der Waals surface area contributed by atoms with Gasteiger partial charge in [0.1, 0.15) is 0 Å². The van der Waals surface area contributed by atoms with E-state index in [0.717, 1.165) is 24.5 Å². The quantitative estimate of drug-likeness (QED) is 0.825. The summed E-state index contributed by atoms with van der Waals surface area (Å²) in [5, 5.41) is 3.25. The van der Waals surface area contributed by atoms with Crippen molar-refractivity contribution in [1.29, 1.82) is 0 Å². The Morgan fingerprint density at radius 1 is 1.18 bits per heavy atom. The van der Waals surface area contributed by atoms with Gasteiger partial charge in [0.15, 0.2) is 11.5 Å². The molecule has 0 spiro atoms. The summed E-state index contributed by atoms with van der Waals surface area (Å²) in [7, 11) is 5.31. The van der Waals surface area contributed by atoms with Crippen molar-refractivity contribution in [3.8, 4) is 11.5 Å². The van der Waals surface area contributed by atoms with Gasteiger partial charge in [-0.3, -0.25) is 0 Å². The van der Waals surface area contributed by atoms with Crippen LogP contribution in [0.2, 0.25) is 0 Å². The fourth-order valence-electron chi connectivity index (χ4n) is 2.03. The van der Waals surface area contributed by atoms with Gasteiger partial charge >= 0.3 is 0 Å². The highest BCUT2D eigenvalue weighted by Crippen LogP contribution is 2.34. The summed E-state index contributed by atoms with van der Waals surface area (Å²) in [6.07, 6.45) is 1.07. The van der Waals surface area contributed by atoms with Crippen LogP contribution in [0, 0.1) is 0 Å². The van der Waals surface area contributed by atoms with Crippen molar-refractivity contribution in [2.75, 3.05) is 27.8 Å². The number of nitrogens with one attached hydrogen (secondary N) is 1. The fourth-order valence-corrected chi connectivity index (χ4v) is 2.03. The van der Waals surface area contributed by atoms with E-state index < -0.39 is 0 Å². The summed E-state index contributed by atoms with van der Waals surface area (Å²) in [5.41, 5.74) is 1.39. The Balaban J connectivity index is 3.13. The molecule has 3 nitrogen and oxygen atoms in total. The molecule has 0 heterocycles. The first-order chi connectivity index (χ1) is 8.11. The SMILES string of the molecule is CCC(C)(CNC)c1ccc(OC)c(OC)c1. The predicted molar refractivity (Wildman–Crippen MR) is 71.1 cm³/mol. The first-order valence-electron chi connectivity index (χ1n) is 5.98. The molecular formula is C14H23NO2. The summed E-state index contributed by atoms with van der Waals surface area (Å²) in [5.74, 6) is 1.57. The second kappa shape index (κ2) is 5.92. The zero-order valence-electron chi connectivity index (χ0n) is 11.5. The maximum Gasteiger partial charge on any atom is 0.161 e. The van der Waals surface area contributed by atoms with Gasteiger partial charge in [0.25, 0.3) is 0 Å². The van der Waals surface area contributed by atoms with Crippen molar-refractivity contribution >= 4 is 0 Å². The Labute approximate surface area is 104 Å². The minimum absolute atomic E-state index is 0.119. The number of rotatable bonds is 6. The van der Waals surface area contributed by atoms with Gasteiger partial charge in [0.2, 0.25) is 0 Å². The Kier molecular flexibility index (Phi) is 4.82. The molecule has 0 fully saturated rings. The van der Waals surface area contributed by atoms with Crippen molar-refractivity contribution in [1.82, 2.24) is 5.32 Å². The molecule has 96 valence electrons. The van der Waals surface area contributed by atoms with E-state index in [4.69, 9.17) is 9.47 Å². The summed E-state index contributed by atoms with van der Waals surface area (Å²) >= 11 is 0. The van der Waals surface area contributed by atoms with Crippen molar-refractivity contribution in [3.63, 3.8) is 0 Å². The van der Waals surface area contributed by atoms with Crippen LogP contribution in [0.25, 0.3) is 0 Å². The molecule has 1 unspecified atom stereocenters. The zero-order valence-corrected chi connectivity index (χ0v) is 11.5. The molecule has 3 heteroatoms. The van der Waals surface area contributed by atoms with Crippen LogP contribution in [0.3, 0.4) is 0 Å². The van der Waals surface area contributed by atoms with Crippen LogP contribution in [0.1, 0.15) is 25.8 Å². The number of ether oxygens (including phenoxy) is 2. The number of hydrogen-bond acceptors (Lipinski definition) is 3. The van der Waals surface area contributed by atoms with Gasteiger partial charge in [0.05, 0.1) is 14.2 Å². The molecule has 1 aromatic carbocycles. The minimum Gasteiger partial charge on any atom is -0.493 e. The molecule has 0 aromatic heterocycles. The molecule has 0 saturated heterocycles. The van der Waals surface area contributed by atoms with Crippen LogP contribution in [-0.2, 0) is 5.41 Å². The van der Waals surface area contributed by atoms with Gasteiger partial charge in [-0.2, -0.15) is 0 Å².